The molecule has 0 spiro atoms. The molecule has 3 aromatic rings. The Balaban J connectivity index is 1.66. The van der Waals surface area contributed by atoms with Gasteiger partial charge in [-0.3, -0.25) is 4.79 Å². The molecular weight excluding hydrogens is 444 g/mol. The normalized spacial score (nSPS) is 13.5. The van der Waals surface area contributed by atoms with E-state index in [1.165, 1.54) is 38.4 Å². The highest BCUT2D eigenvalue weighted by Crippen LogP contribution is 2.36. The second-order valence-electron chi connectivity index (χ2n) is 6.92. The fraction of sp³-hybridized carbons (Fsp3) is 0.200. The van der Waals surface area contributed by atoms with Crippen molar-refractivity contribution in [1.29, 1.82) is 0 Å². The van der Waals surface area contributed by atoms with Crippen LogP contribution in [0.4, 0.5) is 5.82 Å². The lowest BCUT2D eigenvalue weighted by molar-refractivity contribution is 0.102. The number of rotatable bonds is 5. The molecule has 0 fully saturated rings. The molecule has 4 rings (SSSR count). The number of anilines is 1. The summed E-state index contributed by atoms with van der Waals surface area (Å²) in [5, 5.41) is 8.18. The van der Waals surface area contributed by atoms with Crippen LogP contribution in [0, 0.1) is 0 Å². The van der Waals surface area contributed by atoms with E-state index in [2.05, 4.69) is 10.4 Å². The van der Waals surface area contributed by atoms with E-state index in [1.807, 2.05) is 12.1 Å². The molecule has 0 atom stereocenters. The lowest BCUT2D eigenvalue weighted by Gasteiger charge is -2.13. The Hall–Kier alpha value is -2.33. The molecule has 7 nitrogen and oxygen atoms in total. The van der Waals surface area contributed by atoms with Crippen molar-refractivity contribution in [3.63, 3.8) is 0 Å². The summed E-state index contributed by atoms with van der Waals surface area (Å²) in [6, 6.07) is 13.1. The molecule has 156 valence electrons. The third-order valence-electron chi connectivity index (χ3n) is 4.73. The number of hydrogen-bond donors (Lipinski definition) is 1. The van der Waals surface area contributed by atoms with Gasteiger partial charge in [0.25, 0.3) is 5.91 Å². The second kappa shape index (κ2) is 8.07. The molecule has 1 aromatic heterocycles. The minimum Gasteiger partial charge on any atom is -0.306 e. The van der Waals surface area contributed by atoms with Gasteiger partial charge in [0.05, 0.1) is 16.3 Å². The predicted molar refractivity (Wildman–Crippen MR) is 119 cm³/mol. The number of benzene rings is 2. The first kappa shape index (κ1) is 20.9. The van der Waals surface area contributed by atoms with Gasteiger partial charge in [-0.1, -0.05) is 17.7 Å². The minimum absolute atomic E-state index is 0.130. The number of aromatic nitrogens is 2. The van der Waals surface area contributed by atoms with Gasteiger partial charge in [0, 0.05) is 41.8 Å². The largest absolute Gasteiger partial charge is 0.306 e. The Kier molecular flexibility index (Phi) is 5.63. The molecule has 1 amide bonds. The van der Waals surface area contributed by atoms with Crippen molar-refractivity contribution in [1.82, 2.24) is 14.1 Å². The average molecular weight is 463 g/mol. The maximum Gasteiger partial charge on any atom is 0.256 e. The van der Waals surface area contributed by atoms with Gasteiger partial charge in [-0.05, 0) is 42.5 Å². The molecule has 0 saturated carbocycles. The first-order chi connectivity index (χ1) is 14.3. The Bertz CT molecular complexity index is 1220. The minimum atomic E-state index is -3.55. The van der Waals surface area contributed by atoms with Crippen LogP contribution in [0.25, 0.3) is 5.69 Å². The highest BCUT2D eigenvalue weighted by atomic mass is 35.5. The van der Waals surface area contributed by atoms with Crippen LogP contribution >= 0.6 is 23.4 Å². The number of amides is 1. The number of carbonyl (C=O) groups is 1. The number of fused-ring (bicyclic) bond motifs is 1. The summed E-state index contributed by atoms with van der Waals surface area (Å²) in [4.78, 5) is 13.0. The maximum atomic E-state index is 12.9. The molecule has 0 unspecified atom stereocenters. The lowest BCUT2D eigenvalue weighted by atomic mass is 10.2. The summed E-state index contributed by atoms with van der Waals surface area (Å²) in [6.07, 6.45) is 0. The summed E-state index contributed by atoms with van der Waals surface area (Å²) in [5.41, 5.74) is 3.03. The summed E-state index contributed by atoms with van der Waals surface area (Å²) in [6.45, 7) is 0. The SMILES string of the molecule is CN(C)S(=O)(=O)c1ccc(C(=O)Nc2c3c(nn2-c2cccc(Cl)c2)CSC3)cc1. The Morgan fingerprint density at radius 1 is 1.17 bits per heavy atom. The van der Waals surface area contributed by atoms with Gasteiger partial charge in [0.2, 0.25) is 10.0 Å². The number of thioether (sulfide) groups is 1. The number of sulfonamides is 1. The molecule has 0 saturated heterocycles. The number of nitrogens with one attached hydrogen (secondary N) is 1. The third kappa shape index (κ3) is 3.85. The Morgan fingerprint density at radius 2 is 1.90 bits per heavy atom. The molecule has 10 heteroatoms. The van der Waals surface area contributed by atoms with Crippen molar-refractivity contribution in [2.45, 2.75) is 16.4 Å². The lowest BCUT2D eigenvalue weighted by Crippen LogP contribution is -2.22. The van der Waals surface area contributed by atoms with Gasteiger partial charge in [-0.15, -0.1) is 0 Å². The molecule has 1 N–H and O–H groups in total. The van der Waals surface area contributed by atoms with E-state index in [0.717, 1.165) is 32.8 Å². The first-order valence-corrected chi connectivity index (χ1v) is 12.0. The smallest absolute Gasteiger partial charge is 0.256 e. The zero-order chi connectivity index (χ0) is 21.5. The summed E-state index contributed by atoms with van der Waals surface area (Å²) in [5.74, 6) is 1.80. The van der Waals surface area contributed by atoms with E-state index in [0.29, 0.717) is 16.4 Å². The van der Waals surface area contributed by atoms with Gasteiger partial charge < -0.3 is 5.32 Å². The zero-order valence-corrected chi connectivity index (χ0v) is 18.7. The average Bonchev–Trinajstić information content (AvgIpc) is 3.30. The van der Waals surface area contributed by atoms with Crippen LogP contribution in [0.5, 0.6) is 0 Å². The molecule has 1 aliphatic heterocycles. The fourth-order valence-electron chi connectivity index (χ4n) is 3.10. The zero-order valence-electron chi connectivity index (χ0n) is 16.3. The fourth-order valence-corrected chi connectivity index (χ4v) is 5.23. The van der Waals surface area contributed by atoms with Crippen LogP contribution in [0.2, 0.25) is 5.02 Å². The third-order valence-corrected chi connectivity index (χ3v) is 7.77. The van der Waals surface area contributed by atoms with Gasteiger partial charge in [0.1, 0.15) is 5.82 Å². The highest BCUT2D eigenvalue weighted by molar-refractivity contribution is 7.98. The van der Waals surface area contributed by atoms with Crippen LogP contribution in [-0.4, -0.2) is 42.5 Å². The van der Waals surface area contributed by atoms with E-state index in [1.54, 1.807) is 28.6 Å². The van der Waals surface area contributed by atoms with Gasteiger partial charge >= 0.3 is 0 Å². The molecule has 1 aliphatic rings. The number of carbonyl (C=O) groups excluding carboxylic acids is 1. The van der Waals surface area contributed by atoms with Crippen molar-refractivity contribution in [2.24, 2.45) is 0 Å². The van der Waals surface area contributed by atoms with E-state index in [-0.39, 0.29) is 10.8 Å². The number of halogens is 1. The van der Waals surface area contributed by atoms with Crippen LogP contribution in [0.15, 0.2) is 53.4 Å². The molecule has 2 heterocycles. The van der Waals surface area contributed by atoms with Crippen LogP contribution in [0.1, 0.15) is 21.6 Å². The van der Waals surface area contributed by atoms with E-state index < -0.39 is 10.0 Å². The quantitative estimate of drug-likeness (QED) is 0.623. The van der Waals surface area contributed by atoms with Crippen molar-refractivity contribution < 1.29 is 13.2 Å². The summed E-state index contributed by atoms with van der Waals surface area (Å²) < 4.78 is 27.3. The van der Waals surface area contributed by atoms with Gasteiger partial charge in [-0.2, -0.15) is 16.9 Å². The molecule has 0 aliphatic carbocycles. The van der Waals surface area contributed by atoms with E-state index in [9.17, 15) is 13.2 Å². The first-order valence-electron chi connectivity index (χ1n) is 9.06. The predicted octanol–water partition coefficient (Wildman–Crippen LogP) is 3.78. The summed E-state index contributed by atoms with van der Waals surface area (Å²) >= 11 is 7.87. The molecule has 0 bridgehead atoms. The second-order valence-corrected chi connectivity index (χ2v) is 10.5. The van der Waals surface area contributed by atoms with E-state index in [4.69, 9.17) is 11.6 Å². The number of hydrogen-bond acceptors (Lipinski definition) is 5. The Labute approximate surface area is 184 Å². The monoisotopic (exact) mass is 462 g/mol. The molecule has 0 radical (unpaired) electrons. The maximum absolute atomic E-state index is 12.9. The number of nitrogens with zero attached hydrogens (tertiary/aromatic N) is 3. The van der Waals surface area contributed by atoms with Crippen molar-refractivity contribution in [2.75, 3.05) is 19.4 Å². The van der Waals surface area contributed by atoms with Crippen molar-refractivity contribution in [3.8, 4) is 5.69 Å². The van der Waals surface area contributed by atoms with Crippen LogP contribution in [0.3, 0.4) is 0 Å². The van der Waals surface area contributed by atoms with Crippen molar-refractivity contribution >= 4 is 45.1 Å². The topological polar surface area (TPSA) is 84.3 Å². The van der Waals surface area contributed by atoms with Crippen LogP contribution in [-0.2, 0) is 21.5 Å². The Morgan fingerprint density at radius 3 is 2.57 bits per heavy atom. The standard InChI is InChI=1S/C20H19ClN4O3S2/c1-24(2)30(27,28)16-8-6-13(7-9-16)20(26)22-19-17-11-29-12-18(17)23-25(19)15-5-3-4-14(21)10-15/h3-10H,11-12H2,1-2H3,(H,22,26). The summed E-state index contributed by atoms with van der Waals surface area (Å²) in [7, 11) is -0.624. The van der Waals surface area contributed by atoms with Gasteiger partial charge in [0.15, 0.2) is 0 Å². The van der Waals surface area contributed by atoms with Gasteiger partial charge in [-0.25, -0.2) is 17.4 Å². The van der Waals surface area contributed by atoms with Crippen LogP contribution < -0.4 is 5.32 Å². The highest BCUT2D eigenvalue weighted by Gasteiger charge is 2.25. The van der Waals surface area contributed by atoms with Crippen molar-refractivity contribution in [3.05, 3.63) is 70.4 Å². The van der Waals surface area contributed by atoms with E-state index >= 15 is 0 Å². The molecule has 2 aromatic carbocycles. The molecule has 30 heavy (non-hydrogen) atoms. The molecular formula is C20H19ClN4O3S2.